The summed E-state index contributed by atoms with van der Waals surface area (Å²) in [7, 11) is 4.33. The van der Waals surface area contributed by atoms with Gasteiger partial charge in [-0.3, -0.25) is 4.99 Å². The number of likely N-dealkylation sites (N-methyl/N-ethyl adjacent to an activating group) is 1. The summed E-state index contributed by atoms with van der Waals surface area (Å²) in [4.78, 5) is 9.77. The summed E-state index contributed by atoms with van der Waals surface area (Å²) in [5.41, 5.74) is 2.64. The maximum absolute atomic E-state index is 6.11. The molecule has 0 amide bonds. The van der Waals surface area contributed by atoms with Gasteiger partial charge in [-0.05, 0) is 51.9 Å². The number of aryl methyl sites for hydroxylation is 1. The Morgan fingerprint density at radius 1 is 1.25 bits per heavy atom. The van der Waals surface area contributed by atoms with Crippen LogP contribution in [0.25, 0.3) is 0 Å². The van der Waals surface area contributed by atoms with E-state index in [1.807, 2.05) is 0 Å². The molecule has 6 heteroatoms. The Balaban J connectivity index is 1.75. The van der Waals surface area contributed by atoms with Crippen LogP contribution in [0.3, 0.4) is 0 Å². The molecular formula is C22H36N4O2. The smallest absolute Gasteiger partial charge is 0.194 e. The minimum atomic E-state index is 0.0840. The summed E-state index contributed by atoms with van der Waals surface area (Å²) >= 11 is 0. The van der Waals surface area contributed by atoms with Gasteiger partial charge in [-0.25, -0.2) is 0 Å². The fraction of sp³-hybridized carbons (Fsp3) is 0.682. The number of nitrogens with zero attached hydrogens (tertiary/aromatic N) is 3. The molecule has 2 saturated heterocycles. The molecule has 1 unspecified atom stereocenters. The molecule has 156 valence electrons. The Labute approximate surface area is 169 Å². The lowest BCUT2D eigenvalue weighted by molar-refractivity contribution is -0.00994. The Hall–Kier alpha value is -1.63. The molecule has 6 nitrogen and oxygen atoms in total. The zero-order chi connectivity index (χ0) is 20.0. The van der Waals surface area contributed by atoms with Gasteiger partial charge < -0.3 is 24.6 Å². The highest BCUT2D eigenvalue weighted by Gasteiger charge is 2.35. The highest BCUT2D eigenvalue weighted by atomic mass is 16.5. The van der Waals surface area contributed by atoms with Crippen molar-refractivity contribution in [1.82, 2.24) is 15.1 Å². The van der Waals surface area contributed by atoms with Gasteiger partial charge in [-0.1, -0.05) is 24.3 Å². The second kappa shape index (κ2) is 9.72. The predicted octanol–water partition coefficient (Wildman–Crippen LogP) is 2.44. The van der Waals surface area contributed by atoms with Crippen molar-refractivity contribution in [2.75, 3.05) is 60.1 Å². The van der Waals surface area contributed by atoms with Crippen molar-refractivity contribution in [3.63, 3.8) is 0 Å². The largest absolute Gasteiger partial charge is 0.381 e. The van der Waals surface area contributed by atoms with Crippen molar-refractivity contribution in [3.8, 4) is 0 Å². The predicted molar refractivity (Wildman–Crippen MR) is 114 cm³/mol. The summed E-state index contributed by atoms with van der Waals surface area (Å²) in [6, 6.07) is 8.51. The van der Waals surface area contributed by atoms with E-state index in [-0.39, 0.29) is 11.6 Å². The minimum Gasteiger partial charge on any atom is -0.381 e. The second-order valence-electron chi connectivity index (χ2n) is 8.06. The van der Waals surface area contributed by atoms with Gasteiger partial charge in [0.2, 0.25) is 0 Å². The van der Waals surface area contributed by atoms with Crippen molar-refractivity contribution in [1.29, 1.82) is 0 Å². The van der Waals surface area contributed by atoms with Gasteiger partial charge in [-0.2, -0.15) is 0 Å². The lowest BCUT2D eigenvalue weighted by atomic mass is 9.89. The van der Waals surface area contributed by atoms with Gasteiger partial charge in [0.15, 0.2) is 5.96 Å². The first-order valence-corrected chi connectivity index (χ1v) is 10.5. The van der Waals surface area contributed by atoms with E-state index >= 15 is 0 Å². The molecule has 3 rings (SSSR count). The van der Waals surface area contributed by atoms with Crippen LogP contribution < -0.4 is 5.32 Å². The van der Waals surface area contributed by atoms with Gasteiger partial charge in [0.05, 0.1) is 19.7 Å². The van der Waals surface area contributed by atoms with E-state index in [1.165, 1.54) is 11.1 Å². The third kappa shape index (κ3) is 4.85. The molecule has 0 aliphatic carbocycles. The molecule has 1 atom stereocenters. The first kappa shape index (κ1) is 21.1. The molecule has 0 radical (unpaired) electrons. The number of ether oxygens (including phenoxy) is 2. The van der Waals surface area contributed by atoms with Crippen LogP contribution in [0.5, 0.6) is 0 Å². The highest BCUT2D eigenvalue weighted by Crippen LogP contribution is 2.27. The molecule has 0 saturated carbocycles. The van der Waals surface area contributed by atoms with Crippen LogP contribution in [0.15, 0.2) is 29.3 Å². The summed E-state index contributed by atoms with van der Waals surface area (Å²) < 4.78 is 11.7. The molecule has 2 aliphatic heterocycles. The van der Waals surface area contributed by atoms with Crippen molar-refractivity contribution in [3.05, 3.63) is 35.4 Å². The van der Waals surface area contributed by atoms with E-state index in [2.05, 4.69) is 67.3 Å². The molecule has 1 aromatic rings. The number of hydrogen-bond donors (Lipinski definition) is 1. The van der Waals surface area contributed by atoms with Crippen LogP contribution in [0.1, 0.15) is 37.0 Å². The minimum absolute atomic E-state index is 0.0840. The maximum Gasteiger partial charge on any atom is 0.194 e. The molecule has 0 aromatic heterocycles. The Morgan fingerprint density at radius 2 is 2.00 bits per heavy atom. The molecule has 2 heterocycles. The fourth-order valence-corrected chi connectivity index (χ4v) is 4.12. The molecular weight excluding hydrogens is 352 g/mol. The molecule has 1 aromatic carbocycles. The third-order valence-corrected chi connectivity index (χ3v) is 6.13. The number of benzene rings is 1. The van der Waals surface area contributed by atoms with E-state index in [0.717, 1.165) is 64.8 Å². The lowest BCUT2D eigenvalue weighted by Crippen LogP contribution is -2.53. The number of rotatable bonds is 5. The Kier molecular flexibility index (Phi) is 7.32. The fourth-order valence-electron chi connectivity index (χ4n) is 4.12. The van der Waals surface area contributed by atoms with Crippen molar-refractivity contribution >= 4 is 5.96 Å². The molecule has 1 N–H and O–H groups in total. The van der Waals surface area contributed by atoms with Gasteiger partial charge in [0.1, 0.15) is 6.10 Å². The van der Waals surface area contributed by atoms with Gasteiger partial charge >= 0.3 is 0 Å². The van der Waals surface area contributed by atoms with Crippen molar-refractivity contribution in [2.24, 2.45) is 4.99 Å². The van der Waals surface area contributed by atoms with E-state index in [1.54, 1.807) is 0 Å². The monoisotopic (exact) mass is 388 g/mol. The van der Waals surface area contributed by atoms with Crippen LogP contribution in [-0.2, 0) is 9.47 Å². The van der Waals surface area contributed by atoms with Crippen LogP contribution in [0.4, 0.5) is 0 Å². The standard InChI is InChI=1S/C22H36N4O2/c1-5-23-21(24-17-22(25(3)4)10-13-27-14-11-22)26-12-15-28-20(16-26)19-9-7-6-8-18(19)2/h6-9,20H,5,10-17H2,1-4H3,(H,23,24). The molecule has 0 spiro atoms. The molecule has 0 bridgehead atoms. The van der Waals surface area contributed by atoms with Crippen LogP contribution >= 0.6 is 0 Å². The average molecular weight is 389 g/mol. The van der Waals surface area contributed by atoms with Crippen LogP contribution in [-0.4, -0.2) is 81.4 Å². The number of hydrogen-bond acceptors (Lipinski definition) is 4. The average Bonchev–Trinajstić information content (AvgIpc) is 2.72. The van der Waals surface area contributed by atoms with Crippen LogP contribution in [0.2, 0.25) is 0 Å². The zero-order valence-corrected chi connectivity index (χ0v) is 17.9. The Morgan fingerprint density at radius 3 is 2.68 bits per heavy atom. The summed E-state index contributed by atoms with van der Waals surface area (Å²) in [5, 5.41) is 3.51. The van der Waals surface area contributed by atoms with Crippen molar-refractivity contribution in [2.45, 2.75) is 38.3 Å². The van der Waals surface area contributed by atoms with Crippen LogP contribution in [0, 0.1) is 6.92 Å². The summed E-state index contributed by atoms with van der Waals surface area (Å²) in [6.07, 6.45) is 2.14. The van der Waals surface area contributed by atoms with E-state index in [4.69, 9.17) is 14.5 Å². The summed E-state index contributed by atoms with van der Waals surface area (Å²) in [5.74, 6) is 0.997. The highest BCUT2D eigenvalue weighted by molar-refractivity contribution is 5.80. The second-order valence-corrected chi connectivity index (χ2v) is 8.06. The first-order chi connectivity index (χ1) is 13.6. The lowest BCUT2D eigenvalue weighted by Gasteiger charge is -2.42. The van der Waals surface area contributed by atoms with E-state index < -0.39 is 0 Å². The van der Waals surface area contributed by atoms with Gasteiger partial charge in [0.25, 0.3) is 0 Å². The quantitative estimate of drug-likeness (QED) is 0.620. The molecule has 28 heavy (non-hydrogen) atoms. The maximum atomic E-state index is 6.11. The zero-order valence-electron chi connectivity index (χ0n) is 17.9. The topological polar surface area (TPSA) is 49.3 Å². The number of nitrogens with one attached hydrogen (secondary N) is 1. The SMILES string of the molecule is CCNC(=NCC1(N(C)C)CCOCC1)N1CCOC(c2ccccc2C)C1. The van der Waals surface area contributed by atoms with E-state index in [0.29, 0.717) is 0 Å². The number of morpholine rings is 1. The van der Waals surface area contributed by atoms with Gasteiger partial charge in [-0.15, -0.1) is 0 Å². The summed E-state index contributed by atoms with van der Waals surface area (Å²) in [6.45, 7) is 9.99. The Bertz CT molecular complexity index is 656. The first-order valence-electron chi connectivity index (χ1n) is 10.5. The van der Waals surface area contributed by atoms with Gasteiger partial charge in [0, 0.05) is 31.8 Å². The number of guanidine groups is 1. The van der Waals surface area contributed by atoms with E-state index in [9.17, 15) is 0 Å². The number of aliphatic imine (C=N–C) groups is 1. The van der Waals surface area contributed by atoms with Crippen molar-refractivity contribution < 1.29 is 9.47 Å². The molecule has 2 fully saturated rings. The normalized spacial score (nSPS) is 23.1. The third-order valence-electron chi connectivity index (χ3n) is 6.13. The molecule has 2 aliphatic rings.